The Kier molecular flexibility index (Phi) is 5.30. The molecule has 0 amide bonds. The molecule has 0 aromatic heterocycles. The van der Waals surface area contributed by atoms with Crippen molar-refractivity contribution in [3.63, 3.8) is 0 Å². The van der Waals surface area contributed by atoms with Gasteiger partial charge in [0, 0.05) is 11.0 Å². The van der Waals surface area contributed by atoms with Gasteiger partial charge in [-0.2, -0.15) is 0 Å². The first-order valence-corrected chi connectivity index (χ1v) is 12.7. The largest absolute Gasteiger partial charge is 0.489 e. The van der Waals surface area contributed by atoms with Crippen LogP contribution in [0.25, 0.3) is 0 Å². The van der Waals surface area contributed by atoms with E-state index in [0.717, 1.165) is 40.5 Å². The molecule has 3 aromatic rings. The molecule has 0 aliphatic heterocycles. The Labute approximate surface area is 197 Å². The molecule has 170 valence electrons. The lowest BCUT2D eigenvalue weighted by Gasteiger charge is -2.60. The number of rotatable bonds is 6. The SMILES string of the molecule is CC1(c2cc(C(O)c3ccccc3)ccc2OCc2ccccc2)C2CC3CC(C2)CC1C3. The topological polar surface area (TPSA) is 29.5 Å². The lowest BCUT2D eigenvalue weighted by molar-refractivity contribution is -0.0534. The summed E-state index contributed by atoms with van der Waals surface area (Å²) in [5, 5.41) is 11.2. The minimum absolute atomic E-state index is 0.117. The van der Waals surface area contributed by atoms with Gasteiger partial charge in [0.25, 0.3) is 0 Å². The van der Waals surface area contributed by atoms with E-state index in [1.165, 1.54) is 43.2 Å². The fourth-order valence-electron chi connectivity index (χ4n) is 7.43. The van der Waals surface area contributed by atoms with Crippen LogP contribution in [0.15, 0.2) is 78.9 Å². The fraction of sp³-hybridized carbons (Fsp3) is 0.419. The molecule has 0 heterocycles. The molecule has 0 spiro atoms. The molecule has 1 unspecified atom stereocenters. The lowest BCUT2D eigenvalue weighted by atomic mass is 9.44. The molecule has 4 fully saturated rings. The Hall–Kier alpha value is -2.58. The van der Waals surface area contributed by atoms with Gasteiger partial charge in [-0.3, -0.25) is 0 Å². The third-order valence-electron chi connectivity index (χ3n) is 9.09. The normalized spacial score (nSPS) is 30.8. The van der Waals surface area contributed by atoms with Crippen LogP contribution in [0, 0.1) is 23.7 Å². The molecular formula is C31H34O2. The molecule has 33 heavy (non-hydrogen) atoms. The Morgan fingerprint density at radius 3 is 2.03 bits per heavy atom. The van der Waals surface area contributed by atoms with E-state index >= 15 is 0 Å². The van der Waals surface area contributed by atoms with E-state index < -0.39 is 6.10 Å². The highest BCUT2D eigenvalue weighted by molar-refractivity contribution is 5.47. The molecule has 2 nitrogen and oxygen atoms in total. The highest BCUT2D eigenvalue weighted by Gasteiger charge is 2.56. The van der Waals surface area contributed by atoms with E-state index in [1.54, 1.807) is 0 Å². The first-order chi connectivity index (χ1) is 16.1. The van der Waals surface area contributed by atoms with Gasteiger partial charge in [-0.1, -0.05) is 73.7 Å². The van der Waals surface area contributed by atoms with Crippen molar-refractivity contribution < 1.29 is 9.84 Å². The molecule has 4 aliphatic carbocycles. The van der Waals surface area contributed by atoms with Crippen molar-refractivity contribution in [2.24, 2.45) is 23.7 Å². The summed E-state index contributed by atoms with van der Waals surface area (Å²) in [6.07, 6.45) is 6.25. The fourth-order valence-corrected chi connectivity index (χ4v) is 7.43. The Morgan fingerprint density at radius 1 is 0.788 bits per heavy atom. The summed E-state index contributed by atoms with van der Waals surface area (Å²) in [5.74, 6) is 4.28. The Morgan fingerprint density at radius 2 is 1.39 bits per heavy atom. The number of benzene rings is 3. The maximum Gasteiger partial charge on any atom is 0.123 e. The Balaban J connectivity index is 1.39. The van der Waals surface area contributed by atoms with Crippen LogP contribution in [-0.2, 0) is 12.0 Å². The first kappa shape index (κ1) is 21.0. The van der Waals surface area contributed by atoms with E-state index in [0.29, 0.717) is 6.61 Å². The van der Waals surface area contributed by atoms with Crippen LogP contribution in [0.5, 0.6) is 5.75 Å². The summed E-state index contributed by atoms with van der Waals surface area (Å²) in [7, 11) is 0. The smallest absolute Gasteiger partial charge is 0.123 e. The van der Waals surface area contributed by atoms with Crippen LogP contribution in [0.3, 0.4) is 0 Å². The van der Waals surface area contributed by atoms with E-state index in [2.05, 4.69) is 49.4 Å². The minimum atomic E-state index is -0.617. The first-order valence-electron chi connectivity index (χ1n) is 12.7. The molecule has 1 atom stereocenters. The summed E-state index contributed by atoms with van der Waals surface area (Å²) in [5.41, 5.74) is 4.54. The third-order valence-corrected chi connectivity index (χ3v) is 9.09. The quantitative estimate of drug-likeness (QED) is 0.446. The van der Waals surface area contributed by atoms with Crippen molar-refractivity contribution in [3.05, 3.63) is 101 Å². The van der Waals surface area contributed by atoms with Crippen molar-refractivity contribution >= 4 is 0 Å². The second kappa shape index (κ2) is 8.33. The van der Waals surface area contributed by atoms with Gasteiger partial charge >= 0.3 is 0 Å². The molecule has 4 bridgehead atoms. The number of hydrogen-bond acceptors (Lipinski definition) is 2. The Bertz CT molecular complexity index is 1080. The summed E-state index contributed by atoms with van der Waals surface area (Å²) < 4.78 is 6.50. The predicted octanol–water partition coefficient (Wildman–Crippen LogP) is 7.06. The second-order valence-electron chi connectivity index (χ2n) is 10.9. The van der Waals surface area contributed by atoms with Gasteiger partial charge in [-0.25, -0.2) is 0 Å². The molecule has 2 heteroatoms. The zero-order chi connectivity index (χ0) is 22.4. The predicted molar refractivity (Wildman–Crippen MR) is 132 cm³/mol. The average molecular weight is 439 g/mol. The van der Waals surface area contributed by atoms with Crippen LogP contribution in [0.1, 0.15) is 67.4 Å². The van der Waals surface area contributed by atoms with Crippen LogP contribution in [0.2, 0.25) is 0 Å². The van der Waals surface area contributed by atoms with Gasteiger partial charge in [-0.15, -0.1) is 0 Å². The molecule has 7 rings (SSSR count). The van der Waals surface area contributed by atoms with E-state index in [9.17, 15) is 5.11 Å². The van der Waals surface area contributed by atoms with Gasteiger partial charge in [0.1, 0.15) is 18.5 Å². The maximum absolute atomic E-state index is 11.2. The molecule has 4 aliphatic rings. The molecular weight excluding hydrogens is 404 g/mol. The number of aliphatic hydroxyl groups excluding tert-OH is 1. The zero-order valence-corrected chi connectivity index (χ0v) is 19.5. The van der Waals surface area contributed by atoms with Gasteiger partial charge < -0.3 is 9.84 Å². The van der Waals surface area contributed by atoms with Gasteiger partial charge in [0.05, 0.1) is 0 Å². The average Bonchev–Trinajstić information content (AvgIpc) is 2.86. The molecule has 3 aromatic carbocycles. The van der Waals surface area contributed by atoms with Crippen molar-refractivity contribution in [2.75, 3.05) is 0 Å². The summed E-state index contributed by atoms with van der Waals surface area (Å²) in [6, 6.07) is 26.9. The van der Waals surface area contributed by atoms with Crippen LogP contribution >= 0.6 is 0 Å². The highest BCUT2D eigenvalue weighted by Crippen LogP contribution is 2.63. The van der Waals surface area contributed by atoms with E-state index in [1.807, 2.05) is 36.4 Å². The number of hydrogen-bond donors (Lipinski definition) is 1. The van der Waals surface area contributed by atoms with Crippen molar-refractivity contribution in [1.29, 1.82) is 0 Å². The number of ether oxygens (including phenoxy) is 1. The van der Waals surface area contributed by atoms with Crippen LogP contribution < -0.4 is 4.74 Å². The van der Waals surface area contributed by atoms with Crippen LogP contribution in [-0.4, -0.2) is 5.11 Å². The third kappa shape index (κ3) is 3.69. The van der Waals surface area contributed by atoms with Crippen molar-refractivity contribution in [1.82, 2.24) is 0 Å². The van der Waals surface area contributed by atoms with Gasteiger partial charge in [-0.05, 0) is 84.6 Å². The van der Waals surface area contributed by atoms with E-state index in [-0.39, 0.29) is 5.41 Å². The minimum Gasteiger partial charge on any atom is -0.489 e. The van der Waals surface area contributed by atoms with Crippen molar-refractivity contribution in [3.8, 4) is 5.75 Å². The van der Waals surface area contributed by atoms with Crippen LogP contribution in [0.4, 0.5) is 0 Å². The van der Waals surface area contributed by atoms with Gasteiger partial charge in [0.2, 0.25) is 0 Å². The van der Waals surface area contributed by atoms with Crippen molar-refractivity contribution in [2.45, 2.75) is 57.2 Å². The lowest BCUT2D eigenvalue weighted by Crippen LogP contribution is -2.54. The van der Waals surface area contributed by atoms with E-state index in [4.69, 9.17) is 4.74 Å². The molecule has 1 N–H and O–H groups in total. The second-order valence-corrected chi connectivity index (χ2v) is 10.9. The number of aliphatic hydroxyl groups is 1. The zero-order valence-electron chi connectivity index (χ0n) is 19.5. The summed E-state index contributed by atoms with van der Waals surface area (Å²) in [4.78, 5) is 0. The maximum atomic E-state index is 11.2. The van der Waals surface area contributed by atoms with Gasteiger partial charge in [0.15, 0.2) is 0 Å². The summed E-state index contributed by atoms with van der Waals surface area (Å²) in [6.45, 7) is 3.08. The highest BCUT2D eigenvalue weighted by atomic mass is 16.5. The molecule has 4 saturated carbocycles. The molecule has 0 radical (unpaired) electrons. The standard InChI is InChI=1S/C31H34O2/c1-31(26-15-22-14-23(17-26)18-27(31)16-22)28-19-25(30(32)24-10-6-3-7-11-24)12-13-29(28)33-20-21-8-4-2-5-9-21/h2-13,19,22-23,26-27,30,32H,14-18,20H2,1H3. The summed E-state index contributed by atoms with van der Waals surface area (Å²) >= 11 is 0. The molecule has 0 saturated heterocycles. The monoisotopic (exact) mass is 438 g/mol.